The number of benzene rings is 1. The van der Waals surface area contributed by atoms with Crippen molar-refractivity contribution in [2.24, 2.45) is 5.84 Å². The largest absolute Gasteiger partial charge is 0.271 e. The van der Waals surface area contributed by atoms with Gasteiger partial charge in [-0.1, -0.05) is 30.7 Å². The minimum atomic E-state index is 0.163. The number of hydrogen-bond donors (Lipinski definition) is 2. The highest BCUT2D eigenvalue weighted by Crippen LogP contribution is 2.26. The molecular weight excluding hydrogens is 264 g/mol. The lowest BCUT2D eigenvalue weighted by atomic mass is 10.1. The Morgan fingerprint density at radius 2 is 1.94 bits per heavy atom. The molecule has 1 heterocycles. The third-order valence-electron chi connectivity index (χ3n) is 2.93. The summed E-state index contributed by atoms with van der Waals surface area (Å²) in [6.45, 7) is 2.17. The van der Waals surface area contributed by atoms with Gasteiger partial charge in [-0.2, -0.15) is 0 Å². The van der Waals surface area contributed by atoms with Crippen LogP contribution in [-0.4, -0.2) is 0 Å². The molecule has 1 atom stereocenters. The molecule has 0 amide bonds. The summed E-state index contributed by atoms with van der Waals surface area (Å²) < 4.78 is 0. The van der Waals surface area contributed by atoms with Crippen molar-refractivity contribution in [1.82, 2.24) is 5.43 Å². The van der Waals surface area contributed by atoms with Crippen molar-refractivity contribution in [2.45, 2.75) is 25.8 Å². The van der Waals surface area contributed by atoms with E-state index in [2.05, 4.69) is 24.5 Å². The van der Waals surface area contributed by atoms with E-state index in [1.165, 1.54) is 15.3 Å². The highest BCUT2D eigenvalue weighted by Gasteiger charge is 2.12. The van der Waals surface area contributed by atoms with Gasteiger partial charge in [-0.15, -0.1) is 11.3 Å². The van der Waals surface area contributed by atoms with Crippen LogP contribution in [0.25, 0.3) is 0 Å². The molecule has 1 aromatic heterocycles. The average Bonchev–Trinajstić information content (AvgIpc) is 2.87. The molecule has 0 radical (unpaired) electrons. The number of hydrogen-bond acceptors (Lipinski definition) is 3. The lowest BCUT2D eigenvalue weighted by Gasteiger charge is -2.14. The molecule has 0 bridgehead atoms. The van der Waals surface area contributed by atoms with Gasteiger partial charge in [-0.3, -0.25) is 11.3 Å². The second-order valence-electron chi connectivity index (χ2n) is 4.21. The van der Waals surface area contributed by atoms with E-state index in [0.717, 1.165) is 17.9 Å². The fraction of sp³-hybridized carbons (Fsp3) is 0.286. The van der Waals surface area contributed by atoms with Crippen LogP contribution in [0.15, 0.2) is 36.4 Å². The van der Waals surface area contributed by atoms with Crippen LogP contribution in [0, 0.1) is 0 Å². The molecule has 18 heavy (non-hydrogen) atoms. The van der Waals surface area contributed by atoms with E-state index < -0.39 is 0 Å². The van der Waals surface area contributed by atoms with Crippen LogP contribution < -0.4 is 11.3 Å². The van der Waals surface area contributed by atoms with Gasteiger partial charge in [-0.05, 0) is 42.7 Å². The van der Waals surface area contributed by atoms with Gasteiger partial charge < -0.3 is 0 Å². The first kappa shape index (κ1) is 13.6. The zero-order valence-corrected chi connectivity index (χ0v) is 11.9. The Labute approximate surface area is 117 Å². The Hall–Kier alpha value is -0.870. The maximum atomic E-state index is 5.88. The maximum Gasteiger partial charge on any atom is 0.0593 e. The quantitative estimate of drug-likeness (QED) is 0.647. The van der Waals surface area contributed by atoms with Gasteiger partial charge in [0.1, 0.15) is 0 Å². The summed E-state index contributed by atoms with van der Waals surface area (Å²) in [4.78, 5) is 2.67. The molecule has 0 saturated heterocycles. The molecule has 4 heteroatoms. The Kier molecular flexibility index (Phi) is 4.78. The van der Waals surface area contributed by atoms with Gasteiger partial charge in [0.05, 0.1) is 6.04 Å². The highest BCUT2D eigenvalue weighted by molar-refractivity contribution is 7.12. The predicted octanol–water partition coefficient (Wildman–Crippen LogP) is 3.71. The summed E-state index contributed by atoms with van der Waals surface area (Å²) in [5, 5.41) is 0.764. The molecule has 0 spiro atoms. The number of aryl methyl sites for hydroxylation is 1. The van der Waals surface area contributed by atoms with Crippen molar-refractivity contribution in [2.75, 3.05) is 0 Å². The molecule has 96 valence electrons. The zero-order chi connectivity index (χ0) is 13.0. The smallest absolute Gasteiger partial charge is 0.0593 e. The van der Waals surface area contributed by atoms with E-state index in [0.29, 0.717) is 0 Å². The summed E-state index contributed by atoms with van der Waals surface area (Å²) in [6, 6.07) is 12.4. The van der Waals surface area contributed by atoms with Crippen LogP contribution in [-0.2, 0) is 12.8 Å². The third-order valence-corrected chi connectivity index (χ3v) is 4.52. The van der Waals surface area contributed by atoms with Crippen molar-refractivity contribution >= 4 is 22.9 Å². The van der Waals surface area contributed by atoms with E-state index in [1.807, 2.05) is 35.6 Å². The van der Waals surface area contributed by atoms with Crippen LogP contribution in [0.2, 0.25) is 5.02 Å². The average molecular weight is 281 g/mol. The van der Waals surface area contributed by atoms with E-state index >= 15 is 0 Å². The predicted molar refractivity (Wildman–Crippen MR) is 78.9 cm³/mol. The van der Waals surface area contributed by atoms with Crippen molar-refractivity contribution in [3.05, 3.63) is 56.7 Å². The summed E-state index contributed by atoms with van der Waals surface area (Å²) >= 11 is 7.70. The van der Waals surface area contributed by atoms with Crippen molar-refractivity contribution in [1.29, 1.82) is 0 Å². The Morgan fingerprint density at radius 1 is 1.22 bits per heavy atom. The number of nitrogens with two attached hydrogens (primary N) is 1. The number of halogens is 1. The molecule has 2 rings (SSSR count). The van der Waals surface area contributed by atoms with Crippen LogP contribution in [0.5, 0.6) is 0 Å². The van der Waals surface area contributed by atoms with Crippen LogP contribution in [0.3, 0.4) is 0 Å². The van der Waals surface area contributed by atoms with E-state index in [1.54, 1.807) is 0 Å². The minimum absolute atomic E-state index is 0.163. The molecule has 2 nitrogen and oxygen atoms in total. The first-order valence-corrected chi connectivity index (χ1v) is 7.21. The third kappa shape index (κ3) is 3.33. The van der Waals surface area contributed by atoms with Crippen molar-refractivity contribution in [3.8, 4) is 0 Å². The second kappa shape index (κ2) is 6.34. The molecular formula is C14H17ClN2S. The molecule has 0 aliphatic carbocycles. The van der Waals surface area contributed by atoms with Gasteiger partial charge in [0.15, 0.2) is 0 Å². The summed E-state index contributed by atoms with van der Waals surface area (Å²) in [5.74, 6) is 5.66. The molecule has 3 N–H and O–H groups in total. The molecule has 1 unspecified atom stereocenters. The standard InChI is InChI=1S/C14H17ClN2S/c1-2-12-7-8-14(18-12)13(17-16)9-10-3-5-11(15)6-4-10/h3-8,13,17H,2,9,16H2,1H3. The minimum Gasteiger partial charge on any atom is -0.271 e. The zero-order valence-electron chi connectivity index (χ0n) is 10.3. The fourth-order valence-corrected chi connectivity index (χ4v) is 3.01. The Morgan fingerprint density at radius 3 is 2.50 bits per heavy atom. The summed E-state index contributed by atoms with van der Waals surface area (Å²) in [5.41, 5.74) is 4.13. The van der Waals surface area contributed by atoms with E-state index in [9.17, 15) is 0 Å². The number of thiophene rings is 1. The normalized spacial score (nSPS) is 12.6. The topological polar surface area (TPSA) is 38.0 Å². The van der Waals surface area contributed by atoms with E-state index in [4.69, 9.17) is 17.4 Å². The van der Waals surface area contributed by atoms with Crippen LogP contribution >= 0.6 is 22.9 Å². The second-order valence-corrected chi connectivity index (χ2v) is 5.84. The number of nitrogens with one attached hydrogen (secondary N) is 1. The van der Waals surface area contributed by atoms with Gasteiger partial charge in [0.2, 0.25) is 0 Å². The van der Waals surface area contributed by atoms with Gasteiger partial charge in [-0.25, -0.2) is 0 Å². The summed E-state index contributed by atoms with van der Waals surface area (Å²) in [7, 11) is 0. The van der Waals surface area contributed by atoms with Gasteiger partial charge in [0, 0.05) is 14.8 Å². The molecule has 0 aliphatic heterocycles. The SMILES string of the molecule is CCc1ccc(C(Cc2ccc(Cl)cc2)NN)s1. The lowest BCUT2D eigenvalue weighted by molar-refractivity contribution is 0.560. The number of rotatable bonds is 5. The molecule has 0 saturated carbocycles. The first-order chi connectivity index (χ1) is 8.72. The lowest BCUT2D eigenvalue weighted by Crippen LogP contribution is -2.28. The van der Waals surface area contributed by atoms with Crippen molar-refractivity contribution in [3.63, 3.8) is 0 Å². The Bertz CT molecular complexity index is 493. The molecule has 1 aromatic carbocycles. The number of hydrazine groups is 1. The van der Waals surface area contributed by atoms with Gasteiger partial charge >= 0.3 is 0 Å². The van der Waals surface area contributed by atoms with E-state index in [-0.39, 0.29) is 6.04 Å². The monoisotopic (exact) mass is 280 g/mol. The molecule has 2 aromatic rings. The maximum absolute atomic E-state index is 5.88. The first-order valence-electron chi connectivity index (χ1n) is 6.02. The van der Waals surface area contributed by atoms with Crippen LogP contribution in [0.4, 0.5) is 0 Å². The fourth-order valence-electron chi connectivity index (χ4n) is 1.87. The van der Waals surface area contributed by atoms with Crippen molar-refractivity contribution < 1.29 is 0 Å². The molecule has 0 fully saturated rings. The van der Waals surface area contributed by atoms with Crippen LogP contribution in [0.1, 0.15) is 28.3 Å². The summed E-state index contributed by atoms with van der Waals surface area (Å²) in [6.07, 6.45) is 1.94. The highest BCUT2D eigenvalue weighted by atomic mass is 35.5. The van der Waals surface area contributed by atoms with Gasteiger partial charge in [0.25, 0.3) is 0 Å². The molecule has 0 aliphatic rings. The Balaban J connectivity index is 2.11.